The monoisotopic (exact) mass is 346 g/mol. The highest BCUT2D eigenvalue weighted by Crippen LogP contribution is 2.02. The smallest absolute Gasteiger partial charge is 0.0247 e. The van der Waals surface area contributed by atoms with E-state index in [-0.39, 0.29) is 24.0 Å². The minimum absolute atomic E-state index is 0. The third-order valence-electron chi connectivity index (χ3n) is 0.997. The van der Waals surface area contributed by atoms with Gasteiger partial charge >= 0.3 is 0 Å². The van der Waals surface area contributed by atoms with Crippen molar-refractivity contribution in [2.75, 3.05) is 0 Å². The Bertz CT molecular complexity index is 148. The van der Waals surface area contributed by atoms with Crippen molar-refractivity contribution >= 4 is 46.6 Å². The zero-order chi connectivity index (χ0) is 5.82. The lowest BCUT2D eigenvalue weighted by molar-refractivity contribution is 1.46. The maximum Gasteiger partial charge on any atom is 0.0247 e. The lowest BCUT2D eigenvalue weighted by Gasteiger charge is -1.88. The molecule has 0 aliphatic rings. The van der Waals surface area contributed by atoms with Crippen molar-refractivity contribution in [1.82, 2.24) is 0 Å². The Morgan fingerprint density at radius 3 is 2.00 bits per heavy atom. The van der Waals surface area contributed by atoms with E-state index in [0.717, 1.165) is 4.43 Å². The molecular formula is C7H8I2. The van der Waals surface area contributed by atoms with Gasteiger partial charge in [-0.1, -0.05) is 52.9 Å². The van der Waals surface area contributed by atoms with E-state index in [1.165, 1.54) is 5.56 Å². The number of rotatable bonds is 1. The van der Waals surface area contributed by atoms with Crippen LogP contribution in [0.1, 0.15) is 5.56 Å². The number of benzene rings is 1. The van der Waals surface area contributed by atoms with Gasteiger partial charge in [0.2, 0.25) is 0 Å². The molecule has 1 aromatic carbocycles. The topological polar surface area (TPSA) is 0 Å². The van der Waals surface area contributed by atoms with E-state index in [1.54, 1.807) is 0 Å². The third-order valence-corrected chi connectivity index (χ3v) is 1.88. The summed E-state index contributed by atoms with van der Waals surface area (Å²) in [5.74, 6) is 0. The predicted octanol–water partition coefficient (Wildman–Crippen LogP) is 3.24. The second-order valence-corrected chi connectivity index (χ2v) is 2.38. The molecule has 9 heavy (non-hydrogen) atoms. The Morgan fingerprint density at radius 2 is 1.67 bits per heavy atom. The van der Waals surface area contributed by atoms with Crippen LogP contribution in [0.3, 0.4) is 0 Å². The van der Waals surface area contributed by atoms with Crippen LogP contribution in [0.2, 0.25) is 0 Å². The number of hydrogen-bond acceptors (Lipinski definition) is 0. The normalized spacial score (nSPS) is 8.11. The highest BCUT2D eigenvalue weighted by Gasteiger charge is 1.81. The first-order valence-electron chi connectivity index (χ1n) is 2.53. The first-order valence-corrected chi connectivity index (χ1v) is 4.06. The fourth-order valence-corrected chi connectivity index (χ4v) is 1.08. The van der Waals surface area contributed by atoms with Gasteiger partial charge in [0, 0.05) is 4.43 Å². The van der Waals surface area contributed by atoms with Crippen LogP contribution in [0.5, 0.6) is 0 Å². The van der Waals surface area contributed by atoms with Crippen molar-refractivity contribution in [3.8, 4) is 0 Å². The summed E-state index contributed by atoms with van der Waals surface area (Å²) in [5, 5.41) is 0. The van der Waals surface area contributed by atoms with Crippen molar-refractivity contribution in [3.05, 3.63) is 35.9 Å². The fraction of sp³-hybridized carbons (Fsp3) is 0.143. The molecule has 0 spiro atoms. The second-order valence-electron chi connectivity index (χ2n) is 1.62. The van der Waals surface area contributed by atoms with Gasteiger partial charge in [0.25, 0.3) is 0 Å². The lowest BCUT2D eigenvalue weighted by atomic mass is 10.2. The Kier molecular flexibility index (Phi) is 5.88. The van der Waals surface area contributed by atoms with E-state index >= 15 is 0 Å². The molecule has 0 unspecified atom stereocenters. The summed E-state index contributed by atoms with van der Waals surface area (Å²) in [6.45, 7) is 0. The zero-order valence-electron chi connectivity index (χ0n) is 4.88. The molecule has 0 aromatic heterocycles. The fourth-order valence-electron chi connectivity index (χ4n) is 0.567. The van der Waals surface area contributed by atoms with Gasteiger partial charge in [-0.05, 0) is 5.56 Å². The summed E-state index contributed by atoms with van der Waals surface area (Å²) >= 11 is 2.35. The minimum Gasteiger partial charge on any atom is -0.107 e. The molecule has 0 radical (unpaired) electrons. The Balaban J connectivity index is 0.000000640. The SMILES string of the molecule is I.ICc1ccccc1. The molecule has 1 rings (SSSR count). The lowest BCUT2D eigenvalue weighted by Crippen LogP contribution is -1.70. The highest BCUT2D eigenvalue weighted by molar-refractivity contribution is 14.1. The van der Waals surface area contributed by atoms with Crippen molar-refractivity contribution in [2.45, 2.75) is 4.43 Å². The Morgan fingerprint density at radius 1 is 1.11 bits per heavy atom. The molecular weight excluding hydrogens is 338 g/mol. The first-order chi connectivity index (χ1) is 3.93. The second kappa shape index (κ2) is 5.46. The number of hydrogen-bond donors (Lipinski definition) is 0. The van der Waals surface area contributed by atoms with Crippen LogP contribution in [0, 0.1) is 0 Å². The third kappa shape index (κ3) is 3.40. The largest absolute Gasteiger partial charge is 0.107 e. The zero-order valence-corrected chi connectivity index (χ0v) is 9.37. The van der Waals surface area contributed by atoms with E-state index in [1.807, 2.05) is 6.07 Å². The molecule has 0 saturated carbocycles. The average Bonchev–Trinajstić information content (AvgIpc) is 1.90. The molecule has 0 fully saturated rings. The quantitative estimate of drug-likeness (QED) is 0.541. The molecule has 0 bridgehead atoms. The summed E-state index contributed by atoms with van der Waals surface area (Å²) in [7, 11) is 0. The Labute approximate surface area is 86.2 Å². The van der Waals surface area contributed by atoms with Crippen LogP contribution in [-0.2, 0) is 4.43 Å². The molecule has 0 saturated heterocycles. The van der Waals surface area contributed by atoms with Crippen LogP contribution in [0.4, 0.5) is 0 Å². The van der Waals surface area contributed by atoms with Crippen molar-refractivity contribution in [1.29, 1.82) is 0 Å². The van der Waals surface area contributed by atoms with Gasteiger partial charge < -0.3 is 0 Å². The standard InChI is InChI=1S/C7H7I.HI/c8-6-7-4-2-1-3-5-7;/h1-5H,6H2;1H. The molecule has 0 nitrogen and oxygen atoms in total. The minimum atomic E-state index is 0. The molecule has 50 valence electrons. The summed E-state index contributed by atoms with van der Waals surface area (Å²) in [6, 6.07) is 10.4. The van der Waals surface area contributed by atoms with Gasteiger partial charge in [-0.25, -0.2) is 0 Å². The van der Waals surface area contributed by atoms with Crippen molar-refractivity contribution < 1.29 is 0 Å². The summed E-state index contributed by atoms with van der Waals surface area (Å²) in [4.78, 5) is 0. The molecule has 2 heteroatoms. The summed E-state index contributed by atoms with van der Waals surface area (Å²) < 4.78 is 1.11. The van der Waals surface area contributed by atoms with Gasteiger partial charge in [-0.2, -0.15) is 0 Å². The van der Waals surface area contributed by atoms with Crippen LogP contribution in [0.25, 0.3) is 0 Å². The maximum absolute atomic E-state index is 2.35. The molecule has 0 aliphatic carbocycles. The van der Waals surface area contributed by atoms with E-state index in [2.05, 4.69) is 46.9 Å². The maximum atomic E-state index is 2.35. The van der Waals surface area contributed by atoms with Gasteiger partial charge in [-0.3, -0.25) is 0 Å². The van der Waals surface area contributed by atoms with E-state index in [9.17, 15) is 0 Å². The predicted molar refractivity (Wildman–Crippen MR) is 59.6 cm³/mol. The van der Waals surface area contributed by atoms with Gasteiger partial charge in [0.1, 0.15) is 0 Å². The van der Waals surface area contributed by atoms with Crippen LogP contribution in [-0.4, -0.2) is 0 Å². The molecule has 0 heterocycles. The molecule has 0 N–H and O–H groups in total. The summed E-state index contributed by atoms with van der Waals surface area (Å²) in [5.41, 5.74) is 1.40. The Hall–Kier alpha value is 0.680. The van der Waals surface area contributed by atoms with E-state index in [4.69, 9.17) is 0 Å². The number of halogens is 2. The van der Waals surface area contributed by atoms with Crippen LogP contribution >= 0.6 is 46.6 Å². The summed E-state index contributed by atoms with van der Waals surface area (Å²) in [6.07, 6.45) is 0. The van der Waals surface area contributed by atoms with Gasteiger partial charge in [0.15, 0.2) is 0 Å². The van der Waals surface area contributed by atoms with Crippen molar-refractivity contribution in [2.24, 2.45) is 0 Å². The first kappa shape index (κ1) is 9.68. The number of alkyl halides is 1. The average molecular weight is 346 g/mol. The van der Waals surface area contributed by atoms with Crippen LogP contribution < -0.4 is 0 Å². The van der Waals surface area contributed by atoms with E-state index in [0.29, 0.717) is 0 Å². The van der Waals surface area contributed by atoms with Crippen molar-refractivity contribution in [3.63, 3.8) is 0 Å². The van der Waals surface area contributed by atoms with E-state index < -0.39 is 0 Å². The van der Waals surface area contributed by atoms with Crippen LogP contribution in [0.15, 0.2) is 30.3 Å². The van der Waals surface area contributed by atoms with Gasteiger partial charge in [0.05, 0.1) is 0 Å². The van der Waals surface area contributed by atoms with Gasteiger partial charge in [-0.15, -0.1) is 24.0 Å². The molecule has 1 aromatic rings. The molecule has 0 aliphatic heterocycles. The molecule has 0 amide bonds. The highest BCUT2D eigenvalue weighted by atomic mass is 127. The molecule has 0 atom stereocenters.